The van der Waals surface area contributed by atoms with Crippen molar-refractivity contribution in [3.05, 3.63) is 51.5 Å². The number of benzene rings is 1. The number of guanidine groups is 1. The molecule has 1 aromatic heterocycles. The Labute approximate surface area is 148 Å². The number of ether oxygens (including phenoxy) is 1. The molecule has 0 radical (unpaired) electrons. The monoisotopic (exact) mass is 346 g/mol. The summed E-state index contributed by atoms with van der Waals surface area (Å²) in [5.74, 6) is 0.860. The number of hydrogen-bond acceptors (Lipinski definition) is 4. The maximum atomic E-state index is 5.42. The summed E-state index contributed by atoms with van der Waals surface area (Å²) in [6.45, 7) is 6.93. The van der Waals surface area contributed by atoms with Crippen LogP contribution in [-0.4, -0.2) is 36.5 Å². The van der Waals surface area contributed by atoms with Crippen LogP contribution < -0.4 is 5.32 Å². The second-order valence-electron chi connectivity index (χ2n) is 5.57. The molecule has 2 aromatic rings. The molecule has 6 heteroatoms. The summed E-state index contributed by atoms with van der Waals surface area (Å²) in [6, 6.07) is 8.46. The van der Waals surface area contributed by atoms with Gasteiger partial charge in [0.2, 0.25) is 0 Å². The van der Waals surface area contributed by atoms with Crippen LogP contribution >= 0.6 is 11.3 Å². The Kier molecular flexibility index (Phi) is 7.21. The third-order valence-corrected chi connectivity index (χ3v) is 4.41. The second kappa shape index (κ2) is 9.39. The van der Waals surface area contributed by atoms with Gasteiger partial charge in [-0.15, -0.1) is 11.3 Å². The van der Waals surface area contributed by atoms with Gasteiger partial charge < -0.3 is 15.0 Å². The Bertz CT molecular complexity index is 651. The lowest BCUT2D eigenvalue weighted by atomic mass is 10.1. The average molecular weight is 347 g/mol. The molecule has 0 aliphatic carbocycles. The van der Waals surface area contributed by atoms with Crippen LogP contribution in [0, 0.1) is 6.92 Å². The molecule has 0 atom stereocenters. The van der Waals surface area contributed by atoms with Gasteiger partial charge in [0.25, 0.3) is 0 Å². The predicted octanol–water partition coefficient (Wildman–Crippen LogP) is 3.20. The molecule has 0 bridgehead atoms. The first-order chi connectivity index (χ1) is 11.6. The fourth-order valence-corrected chi connectivity index (χ4v) is 2.94. The highest BCUT2D eigenvalue weighted by Gasteiger charge is 2.08. The summed E-state index contributed by atoms with van der Waals surface area (Å²) in [6.07, 6.45) is 0. The van der Waals surface area contributed by atoms with E-state index in [1.165, 1.54) is 11.1 Å². The molecule has 0 saturated heterocycles. The minimum Gasteiger partial charge on any atom is -0.377 e. The molecule has 0 amide bonds. The van der Waals surface area contributed by atoms with Crippen LogP contribution in [0.5, 0.6) is 0 Å². The fourth-order valence-electron chi connectivity index (χ4n) is 2.34. The number of rotatable bonds is 7. The van der Waals surface area contributed by atoms with Gasteiger partial charge in [0.15, 0.2) is 5.96 Å². The summed E-state index contributed by atoms with van der Waals surface area (Å²) in [7, 11) is 3.82. The van der Waals surface area contributed by atoms with Crippen molar-refractivity contribution in [2.45, 2.75) is 33.5 Å². The van der Waals surface area contributed by atoms with E-state index in [4.69, 9.17) is 4.74 Å². The molecule has 1 aromatic carbocycles. The van der Waals surface area contributed by atoms with E-state index in [9.17, 15) is 0 Å². The number of aromatic nitrogens is 1. The summed E-state index contributed by atoms with van der Waals surface area (Å²) in [5, 5.41) is 6.58. The normalized spacial score (nSPS) is 11.6. The molecule has 1 heterocycles. The first-order valence-corrected chi connectivity index (χ1v) is 8.98. The zero-order chi connectivity index (χ0) is 17.4. The van der Waals surface area contributed by atoms with E-state index in [0.717, 1.165) is 36.4 Å². The van der Waals surface area contributed by atoms with Crippen LogP contribution in [0.1, 0.15) is 28.8 Å². The van der Waals surface area contributed by atoms with E-state index < -0.39 is 0 Å². The van der Waals surface area contributed by atoms with Crippen molar-refractivity contribution < 1.29 is 4.74 Å². The first kappa shape index (κ1) is 18.4. The van der Waals surface area contributed by atoms with Crippen LogP contribution in [0.2, 0.25) is 0 Å². The van der Waals surface area contributed by atoms with Crippen molar-refractivity contribution in [3.63, 3.8) is 0 Å². The maximum Gasteiger partial charge on any atom is 0.194 e. The van der Waals surface area contributed by atoms with Crippen LogP contribution in [0.4, 0.5) is 0 Å². The minimum atomic E-state index is 0.668. The van der Waals surface area contributed by atoms with Crippen molar-refractivity contribution in [1.29, 1.82) is 0 Å². The topological polar surface area (TPSA) is 49.8 Å². The van der Waals surface area contributed by atoms with Gasteiger partial charge in [0, 0.05) is 32.6 Å². The van der Waals surface area contributed by atoms with Crippen LogP contribution in [0.15, 0.2) is 34.6 Å². The van der Waals surface area contributed by atoms with Crippen molar-refractivity contribution in [1.82, 2.24) is 15.2 Å². The highest BCUT2D eigenvalue weighted by atomic mass is 32.1. The van der Waals surface area contributed by atoms with Gasteiger partial charge in [-0.1, -0.05) is 24.3 Å². The Morgan fingerprint density at radius 2 is 2.00 bits per heavy atom. The van der Waals surface area contributed by atoms with E-state index in [0.29, 0.717) is 6.61 Å². The van der Waals surface area contributed by atoms with E-state index in [1.54, 1.807) is 18.4 Å². The SMILES string of the molecule is CCOCc1ccc(CNC(=NC)N(C)Cc2csc(C)n2)cc1. The molecule has 1 N–H and O–H groups in total. The molecule has 0 unspecified atom stereocenters. The molecule has 130 valence electrons. The molecule has 0 aliphatic rings. The molecular weight excluding hydrogens is 320 g/mol. The molecule has 0 spiro atoms. The van der Waals surface area contributed by atoms with Gasteiger partial charge in [-0.05, 0) is 25.0 Å². The summed E-state index contributed by atoms with van der Waals surface area (Å²) >= 11 is 1.67. The summed E-state index contributed by atoms with van der Waals surface area (Å²) in [5.41, 5.74) is 3.48. The van der Waals surface area contributed by atoms with E-state index in [-0.39, 0.29) is 0 Å². The number of aryl methyl sites for hydroxylation is 1. The van der Waals surface area contributed by atoms with Gasteiger partial charge in [0.05, 0.1) is 23.9 Å². The zero-order valence-electron chi connectivity index (χ0n) is 14.9. The molecule has 24 heavy (non-hydrogen) atoms. The van der Waals surface area contributed by atoms with Gasteiger partial charge in [-0.3, -0.25) is 4.99 Å². The summed E-state index contributed by atoms with van der Waals surface area (Å²) in [4.78, 5) is 10.9. The molecular formula is C18H26N4OS. The Balaban J connectivity index is 1.86. The number of nitrogens with one attached hydrogen (secondary N) is 1. The zero-order valence-corrected chi connectivity index (χ0v) is 15.7. The number of nitrogens with zero attached hydrogens (tertiary/aromatic N) is 3. The highest BCUT2D eigenvalue weighted by Crippen LogP contribution is 2.10. The predicted molar refractivity (Wildman–Crippen MR) is 100 cm³/mol. The van der Waals surface area contributed by atoms with E-state index in [1.807, 2.05) is 20.9 Å². The van der Waals surface area contributed by atoms with Gasteiger partial charge in [-0.2, -0.15) is 0 Å². The van der Waals surface area contributed by atoms with Crippen molar-refractivity contribution in [2.75, 3.05) is 20.7 Å². The van der Waals surface area contributed by atoms with Gasteiger partial charge >= 0.3 is 0 Å². The lowest BCUT2D eigenvalue weighted by Gasteiger charge is -2.21. The highest BCUT2D eigenvalue weighted by molar-refractivity contribution is 7.09. The smallest absolute Gasteiger partial charge is 0.194 e. The number of thiazole rings is 1. The Hall–Kier alpha value is -1.92. The Morgan fingerprint density at radius 3 is 2.58 bits per heavy atom. The molecule has 2 rings (SSSR count). The molecule has 5 nitrogen and oxygen atoms in total. The van der Waals surface area contributed by atoms with E-state index >= 15 is 0 Å². The lowest BCUT2D eigenvalue weighted by molar-refractivity contribution is 0.134. The maximum absolute atomic E-state index is 5.42. The van der Waals surface area contributed by atoms with Crippen molar-refractivity contribution in [2.24, 2.45) is 4.99 Å². The van der Waals surface area contributed by atoms with Crippen LogP contribution in [0.25, 0.3) is 0 Å². The number of aliphatic imine (C=N–C) groups is 1. The van der Waals surface area contributed by atoms with E-state index in [2.05, 4.69) is 49.8 Å². The van der Waals surface area contributed by atoms with Crippen LogP contribution in [0.3, 0.4) is 0 Å². The third kappa shape index (κ3) is 5.62. The number of hydrogen-bond donors (Lipinski definition) is 1. The van der Waals surface area contributed by atoms with Crippen LogP contribution in [-0.2, 0) is 24.4 Å². The Morgan fingerprint density at radius 1 is 1.29 bits per heavy atom. The van der Waals surface area contributed by atoms with Crippen molar-refractivity contribution >= 4 is 17.3 Å². The average Bonchev–Trinajstić information content (AvgIpc) is 2.99. The second-order valence-corrected chi connectivity index (χ2v) is 6.63. The lowest BCUT2D eigenvalue weighted by Crippen LogP contribution is -2.38. The third-order valence-electron chi connectivity index (χ3n) is 3.59. The molecule has 0 fully saturated rings. The standard InChI is InChI=1S/C18H26N4OS/c1-5-23-12-16-8-6-15(7-9-16)10-20-18(19-3)22(4)11-17-13-24-14(2)21-17/h6-9,13H,5,10-12H2,1-4H3,(H,19,20). The fraction of sp³-hybridized carbons (Fsp3) is 0.444. The van der Waals surface area contributed by atoms with Gasteiger partial charge in [-0.25, -0.2) is 4.98 Å². The minimum absolute atomic E-state index is 0.668. The first-order valence-electron chi connectivity index (χ1n) is 8.10. The van der Waals surface area contributed by atoms with Gasteiger partial charge in [0.1, 0.15) is 0 Å². The largest absolute Gasteiger partial charge is 0.377 e. The molecule has 0 saturated carbocycles. The molecule has 0 aliphatic heterocycles. The quantitative estimate of drug-likeness (QED) is 0.618. The van der Waals surface area contributed by atoms with Crippen molar-refractivity contribution in [3.8, 4) is 0 Å². The summed E-state index contributed by atoms with van der Waals surface area (Å²) < 4.78 is 5.42.